The first-order valence-electron chi connectivity index (χ1n) is 8.78. The van der Waals surface area contributed by atoms with Crippen LogP contribution in [-0.2, 0) is 22.6 Å². The molecule has 4 nitrogen and oxygen atoms in total. The van der Waals surface area contributed by atoms with E-state index in [1.54, 1.807) is 7.05 Å². The average Bonchev–Trinajstić information content (AvgIpc) is 3.08. The number of hydrogen-bond donors (Lipinski definition) is 0. The molecule has 0 radical (unpaired) electrons. The Hall–Kier alpha value is -2.46. The third-order valence-electron chi connectivity index (χ3n) is 5.53. The highest BCUT2D eigenvalue weighted by Gasteiger charge is 2.55. The van der Waals surface area contributed by atoms with Crippen LogP contribution in [0.15, 0.2) is 60.7 Å². The third kappa shape index (κ3) is 2.87. The molecule has 2 aromatic rings. The second-order valence-electron chi connectivity index (χ2n) is 7.04. The minimum atomic E-state index is -0.221. The fourth-order valence-corrected chi connectivity index (χ4v) is 4.26. The first-order chi connectivity index (χ1) is 12.1. The molecule has 2 fully saturated rings. The number of carbonyl (C=O) groups is 2. The van der Waals surface area contributed by atoms with Crippen molar-refractivity contribution >= 4 is 11.8 Å². The summed E-state index contributed by atoms with van der Waals surface area (Å²) in [5, 5.41) is 0. The molecular weight excluding hydrogens is 312 g/mol. The van der Waals surface area contributed by atoms with Crippen LogP contribution >= 0.6 is 0 Å². The molecule has 0 aromatic heterocycles. The molecule has 128 valence electrons. The van der Waals surface area contributed by atoms with Crippen LogP contribution in [-0.4, -0.2) is 41.2 Å². The van der Waals surface area contributed by atoms with Crippen LogP contribution in [0.3, 0.4) is 0 Å². The van der Waals surface area contributed by atoms with Crippen LogP contribution < -0.4 is 0 Å². The molecular formula is C21H22N2O2. The zero-order valence-corrected chi connectivity index (χ0v) is 14.3. The predicted molar refractivity (Wildman–Crippen MR) is 95.5 cm³/mol. The van der Waals surface area contributed by atoms with Gasteiger partial charge in [0.15, 0.2) is 0 Å². The molecule has 2 aliphatic rings. The summed E-state index contributed by atoms with van der Waals surface area (Å²) in [5.41, 5.74) is 2.43. The van der Waals surface area contributed by atoms with Crippen molar-refractivity contribution in [1.29, 1.82) is 0 Å². The molecule has 4 rings (SSSR count). The average molecular weight is 334 g/mol. The molecule has 0 spiro atoms. The highest BCUT2D eigenvalue weighted by Crippen LogP contribution is 2.39. The van der Waals surface area contributed by atoms with Gasteiger partial charge in [-0.3, -0.25) is 19.4 Å². The van der Waals surface area contributed by atoms with Crippen molar-refractivity contribution in [1.82, 2.24) is 9.80 Å². The molecule has 0 aliphatic carbocycles. The second-order valence-corrected chi connectivity index (χ2v) is 7.04. The van der Waals surface area contributed by atoms with E-state index in [-0.39, 0.29) is 29.7 Å². The van der Waals surface area contributed by atoms with Crippen molar-refractivity contribution < 1.29 is 9.59 Å². The van der Waals surface area contributed by atoms with Gasteiger partial charge in [-0.2, -0.15) is 0 Å². The number of benzene rings is 2. The van der Waals surface area contributed by atoms with Crippen LogP contribution in [0.2, 0.25) is 0 Å². The third-order valence-corrected chi connectivity index (χ3v) is 5.53. The number of imide groups is 1. The molecule has 3 atom stereocenters. The van der Waals surface area contributed by atoms with Gasteiger partial charge < -0.3 is 0 Å². The van der Waals surface area contributed by atoms with Crippen molar-refractivity contribution in [2.75, 3.05) is 13.6 Å². The molecule has 0 saturated carbocycles. The van der Waals surface area contributed by atoms with E-state index >= 15 is 0 Å². The van der Waals surface area contributed by atoms with Crippen molar-refractivity contribution in [3.8, 4) is 0 Å². The maximum Gasteiger partial charge on any atom is 0.234 e. The molecule has 4 heteroatoms. The van der Waals surface area contributed by atoms with Crippen LogP contribution in [0.25, 0.3) is 0 Å². The lowest BCUT2D eigenvalue weighted by Gasteiger charge is -2.28. The van der Waals surface area contributed by atoms with Gasteiger partial charge in [0, 0.05) is 26.2 Å². The molecule has 2 saturated heterocycles. The first-order valence-corrected chi connectivity index (χ1v) is 8.78. The minimum Gasteiger partial charge on any atom is -0.294 e. The summed E-state index contributed by atoms with van der Waals surface area (Å²) in [6, 6.07) is 20.6. The van der Waals surface area contributed by atoms with Crippen LogP contribution in [0.4, 0.5) is 0 Å². The molecule has 2 aliphatic heterocycles. The van der Waals surface area contributed by atoms with E-state index < -0.39 is 0 Å². The van der Waals surface area contributed by atoms with E-state index in [9.17, 15) is 9.59 Å². The van der Waals surface area contributed by atoms with Crippen molar-refractivity contribution in [3.05, 3.63) is 71.8 Å². The van der Waals surface area contributed by atoms with Gasteiger partial charge in [-0.25, -0.2) is 0 Å². The molecule has 2 heterocycles. The van der Waals surface area contributed by atoms with Gasteiger partial charge in [-0.1, -0.05) is 60.7 Å². The fraction of sp³-hybridized carbons (Fsp3) is 0.333. The number of carbonyl (C=O) groups excluding carboxylic acids is 2. The lowest BCUT2D eigenvalue weighted by molar-refractivity contribution is -0.139. The highest BCUT2D eigenvalue weighted by molar-refractivity contribution is 6.05. The summed E-state index contributed by atoms with van der Waals surface area (Å²) in [6.07, 6.45) is 0.793. The standard InChI is InChI=1S/C21H22N2O2/c1-22-20(24)17-14-23(13-16-10-6-3-7-11-16)18(19(17)21(22)25)12-15-8-4-2-5-9-15/h2-11,17-19H,12-14H2,1H3. The fourth-order valence-electron chi connectivity index (χ4n) is 4.26. The highest BCUT2D eigenvalue weighted by atomic mass is 16.2. The molecule has 2 aromatic carbocycles. The van der Waals surface area contributed by atoms with Crippen molar-refractivity contribution in [2.24, 2.45) is 11.8 Å². The molecule has 0 N–H and O–H groups in total. The topological polar surface area (TPSA) is 40.6 Å². The van der Waals surface area contributed by atoms with Crippen LogP contribution in [0, 0.1) is 11.8 Å². The Balaban J connectivity index is 1.63. The first kappa shape index (κ1) is 16.0. The summed E-state index contributed by atoms with van der Waals surface area (Å²) in [7, 11) is 1.62. The summed E-state index contributed by atoms with van der Waals surface area (Å²) in [6.45, 7) is 1.43. The van der Waals surface area contributed by atoms with Crippen molar-refractivity contribution in [2.45, 2.75) is 19.0 Å². The van der Waals surface area contributed by atoms with Gasteiger partial charge >= 0.3 is 0 Å². The maximum absolute atomic E-state index is 12.7. The van der Waals surface area contributed by atoms with E-state index in [1.165, 1.54) is 16.0 Å². The number of likely N-dealkylation sites (tertiary alicyclic amines) is 2. The Morgan fingerprint density at radius 2 is 1.48 bits per heavy atom. The smallest absolute Gasteiger partial charge is 0.234 e. The quantitative estimate of drug-likeness (QED) is 0.806. The Labute approximate surface area is 148 Å². The number of fused-ring (bicyclic) bond motifs is 1. The summed E-state index contributed by atoms with van der Waals surface area (Å²) in [4.78, 5) is 28.8. The van der Waals surface area contributed by atoms with Gasteiger partial charge in [0.2, 0.25) is 11.8 Å². The SMILES string of the molecule is CN1C(=O)C2CN(Cc3ccccc3)C(Cc3ccccc3)C2C1=O. The lowest BCUT2D eigenvalue weighted by Crippen LogP contribution is -2.40. The number of amides is 2. The van der Waals surface area contributed by atoms with Gasteiger partial charge in [0.1, 0.15) is 0 Å². The molecule has 0 bridgehead atoms. The zero-order chi connectivity index (χ0) is 17.4. The largest absolute Gasteiger partial charge is 0.294 e. The molecule has 2 amide bonds. The lowest BCUT2D eigenvalue weighted by atomic mass is 9.89. The molecule has 3 unspecified atom stereocenters. The Bertz CT molecular complexity index is 775. The summed E-state index contributed by atoms with van der Waals surface area (Å²) in [5.74, 6) is -0.466. The number of nitrogens with zero attached hydrogens (tertiary/aromatic N) is 2. The number of hydrogen-bond acceptors (Lipinski definition) is 3. The van der Waals surface area contributed by atoms with E-state index in [4.69, 9.17) is 0 Å². The van der Waals surface area contributed by atoms with E-state index in [2.05, 4.69) is 29.2 Å². The van der Waals surface area contributed by atoms with Crippen molar-refractivity contribution in [3.63, 3.8) is 0 Å². The Morgan fingerprint density at radius 3 is 2.12 bits per heavy atom. The predicted octanol–water partition coefficient (Wildman–Crippen LogP) is 2.34. The van der Waals surface area contributed by atoms with E-state index in [1.807, 2.05) is 36.4 Å². The van der Waals surface area contributed by atoms with E-state index in [0.717, 1.165) is 13.0 Å². The van der Waals surface area contributed by atoms with E-state index in [0.29, 0.717) is 6.54 Å². The summed E-state index contributed by atoms with van der Waals surface area (Å²) < 4.78 is 0. The molecule has 25 heavy (non-hydrogen) atoms. The minimum absolute atomic E-state index is 0.0218. The maximum atomic E-state index is 12.7. The van der Waals surface area contributed by atoms with Crippen LogP contribution in [0.1, 0.15) is 11.1 Å². The van der Waals surface area contributed by atoms with Gasteiger partial charge in [0.25, 0.3) is 0 Å². The van der Waals surface area contributed by atoms with Gasteiger partial charge in [0.05, 0.1) is 11.8 Å². The Kier molecular flexibility index (Phi) is 4.14. The zero-order valence-electron chi connectivity index (χ0n) is 14.3. The number of rotatable bonds is 4. The Morgan fingerprint density at radius 1 is 0.880 bits per heavy atom. The summed E-state index contributed by atoms with van der Waals surface area (Å²) >= 11 is 0. The normalized spacial score (nSPS) is 26.3. The monoisotopic (exact) mass is 334 g/mol. The second kappa shape index (κ2) is 6.45. The van der Waals surface area contributed by atoms with Crippen LogP contribution in [0.5, 0.6) is 0 Å². The van der Waals surface area contributed by atoms with Gasteiger partial charge in [-0.15, -0.1) is 0 Å². The van der Waals surface area contributed by atoms with Gasteiger partial charge in [-0.05, 0) is 17.5 Å².